The Bertz CT molecular complexity index is 573. The summed E-state index contributed by atoms with van der Waals surface area (Å²) in [5, 5.41) is 8.96. The van der Waals surface area contributed by atoms with Gasteiger partial charge in [0.05, 0.1) is 6.54 Å². The van der Waals surface area contributed by atoms with Gasteiger partial charge in [-0.2, -0.15) is 0 Å². The number of piperidine rings is 1. The summed E-state index contributed by atoms with van der Waals surface area (Å²) >= 11 is 0. The molecule has 1 fully saturated rings. The summed E-state index contributed by atoms with van der Waals surface area (Å²) < 4.78 is 41.6. The summed E-state index contributed by atoms with van der Waals surface area (Å²) in [5.41, 5.74) is 0.496. The SMILES string of the molecule is CCN(CC(=O)O)C1CCN(Cc2ccccc2OC(F)(F)F)CC1. The first kappa shape index (κ1) is 19.5. The van der Waals surface area contributed by atoms with Crippen LogP contribution in [0.3, 0.4) is 0 Å². The highest BCUT2D eigenvalue weighted by molar-refractivity contribution is 5.69. The van der Waals surface area contributed by atoms with Crippen molar-refractivity contribution in [3.63, 3.8) is 0 Å². The Morgan fingerprint density at radius 2 is 1.96 bits per heavy atom. The van der Waals surface area contributed by atoms with Crippen molar-refractivity contribution in [3.05, 3.63) is 29.8 Å². The molecule has 1 aromatic carbocycles. The molecule has 1 aromatic rings. The fourth-order valence-corrected chi connectivity index (χ4v) is 3.22. The van der Waals surface area contributed by atoms with Crippen molar-refractivity contribution in [1.29, 1.82) is 0 Å². The molecule has 0 saturated carbocycles. The van der Waals surface area contributed by atoms with Crippen LogP contribution in [-0.4, -0.2) is 59.5 Å². The first-order valence-corrected chi connectivity index (χ1v) is 8.30. The topological polar surface area (TPSA) is 53.0 Å². The molecule has 0 amide bonds. The number of hydrogen-bond donors (Lipinski definition) is 1. The van der Waals surface area contributed by atoms with Crippen LogP contribution in [0.15, 0.2) is 24.3 Å². The van der Waals surface area contributed by atoms with Crippen LogP contribution >= 0.6 is 0 Å². The van der Waals surface area contributed by atoms with Gasteiger partial charge in [-0.05, 0) is 38.5 Å². The maximum absolute atomic E-state index is 12.5. The predicted octanol–water partition coefficient (Wildman–Crippen LogP) is 2.96. The van der Waals surface area contributed by atoms with Crippen molar-refractivity contribution in [2.75, 3.05) is 26.2 Å². The minimum absolute atomic E-state index is 0.0173. The molecule has 2 rings (SSSR count). The normalized spacial score (nSPS) is 17.0. The van der Waals surface area contributed by atoms with Crippen LogP contribution in [0.4, 0.5) is 13.2 Å². The molecule has 8 heteroatoms. The predicted molar refractivity (Wildman–Crippen MR) is 86.3 cm³/mol. The van der Waals surface area contributed by atoms with Gasteiger partial charge in [0.15, 0.2) is 0 Å². The minimum Gasteiger partial charge on any atom is -0.480 e. The lowest BCUT2D eigenvalue weighted by Crippen LogP contribution is -2.46. The number of alkyl halides is 3. The third-order valence-electron chi connectivity index (χ3n) is 4.41. The number of rotatable bonds is 7. The van der Waals surface area contributed by atoms with Crippen molar-refractivity contribution in [2.24, 2.45) is 0 Å². The molecule has 1 saturated heterocycles. The Morgan fingerprint density at radius 1 is 1.32 bits per heavy atom. The molecule has 1 aliphatic rings. The third kappa shape index (κ3) is 6.21. The zero-order valence-electron chi connectivity index (χ0n) is 14.1. The van der Waals surface area contributed by atoms with Gasteiger partial charge in [-0.3, -0.25) is 14.6 Å². The number of halogens is 3. The van der Waals surface area contributed by atoms with Gasteiger partial charge < -0.3 is 9.84 Å². The highest BCUT2D eigenvalue weighted by Crippen LogP contribution is 2.28. The molecule has 0 unspecified atom stereocenters. The second-order valence-corrected chi connectivity index (χ2v) is 6.12. The number of para-hydroxylation sites is 1. The monoisotopic (exact) mass is 360 g/mol. The Labute approximate surface area is 145 Å². The lowest BCUT2D eigenvalue weighted by atomic mass is 10.0. The smallest absolute Gasteiger partial charge is 0.480 e. The summed E-state index contributed by atoms with van der Waals surface area (Å²) in [6.45, 7) is 4.41. The van der Waals surface area contributed by atoms with E-state index in [4.69, 9.17) is 5.11 Å². The number of aliphatic carboxylic acids is 1. The fourth-order valence-electron chi connectivity index (χ4n) is 3.22. The Balaban J connectivity index is 1.93. The molecular formula is C17H23F3N2O3. The van der Waals surface area contributed by atoms with Crippen molar-refractivity contribution in [2.45, 2.75) is 38.7 Å². The van der Waals surface area contributed by atoms with E-state index in [9.17, 15) is 18.0 Å². The van der Waals surface area contributed by atoms with Gasteiger partial charge in [0.25, 0.3) is 0 Å². The summed E-state index contributed by atoms with van der Waals surface area (Å²) in [6, 6.07) is 6.36. The highest BCUT2D eigenvalue weighted by Gasteiger charge is 2.32. The maximum atomic E-state index is 12.5. The van der Waals surface area contributed by atoms with Gasteiger partial charge in [0, 0.05) is 18.2 Å². The minimum atomic E-state index is -4.71. The molecule has 0 spiro atoms. The Morgan fingerprint density at radius 3 is 2.52 bits per heavy atom. The first-order chi connectivity index (χ1) is 11.8. The van der Waals surface area contributed by atoms with Crippen LogP contribution in [0.2, 0.25) is 0 Å². The average Bonchev–Trinajstić information content (AvgIpc) is 2.54. The number of carboxylic acids is 1. The number of hydrogen-bond acceptors (Lipinski definition) is 4. The summed E-state index contributed by atoms with van der Waals surface area (Å²) in [7, 11) is 0. The quantitative estimate of drug-likeness (QED) is 0.810. The number of ether oxygens (including phenoxy) is 1. The lowest BCUT2D eigenvalue weighted by molar-refractivity contribution is -0.275. The third-order valence-corrected chi connectivity index (χ3v) is 4.41. The average molecular weight is 360 g/mol. The Hall–Kier alpha value is -1.80. The summed E-state index contributed by atoms with van der Waals surface area (Å²) in [5.74, 6) is -1.01. The largest absolute Gasteiger partial charge is 0.573 e. The van der Waals surface area contributed by atoms with Gasteiger partial charge >= 0.3 is 12.3 Å². The van der Waals surface area contributed by atoms with E-state index < -0.39 is 12.3 Å². The van der Waals surface area contributed by atoms with Crippen molar-refractivity contribution in [3.8, 4) is 5.75 Å². The second-order valence-electron chi connectivity index (χ2n) is 6.12. The standard InChI is InChI=1S/C17H23F3N2O3/c1-2-22(12-16(23)24)14-7-9-21(10-8-14)11-13-5-3-4-6-15(13)25-17(18,19)20/h3-6,14H,2,7-12H2,1H3,(H,23,24). The molecule has 0 radical (unpaired) electrons. The first-order valence-electron chi connectivity index (χ1n) is 8.30. The van der Waals surface area contributed by atoms with Gasteiger partial charge in [0.1, 0.15) is 5.75 Å². The number of likely N-dealkylation sites (N-methyl/N-ethyl adjacent to an activating group) is 1. The number of benzene rings is 1. The van der Waals surface area contributed by atoms with Crippen LogP contribution in [0, 0.1) is 0 Å². The van der Waals surface area contributed by atoms with Crippen LogP contribution in [0.25, 0.3) is 0 Å². The van der Waals surface area contributed by atoms with E-state index in [1.54, 1.807) is 12.1 Å². The van der Waals surface area contributed by atoms with Crippen LogP contribution in [-0.2, 0) is 11.3 Å². The second kappa shape index (κ2) is 8.53. The molecule has 1 heterocycles. The zero-order valence-corrected chi connectivity index (χ0v) is 14.1. The molecule has 25 heavy (non-hydrogen) atoms. The van der Waals surface area contributed by atoms with E-state index in [1.807, 2.05) is 11.8 Å². The van der Waals surface area contributed by atoms with Crippen LogP contribution in [0.1, 0.15) is 25.3 Å². The van der Waals surface area contributed by atoms with E-state index >= 15 is 0 Å². The van der Waals surface area contributed by atoms with Crippen molar-refractivity contribution < 1.29 is 27.8 Å². The van der Waals surface area contributed by atoms with Gasteiger partial charge in [-0.1, -0.05) is 25.1 Å². The number of carbonyl (C=O) groups is 1. The zero-order chi connectivity index (χ0) is 18.4. The molecule has 1 aliphatic heterocycles. The molecule has 140 valence electrons. The number of nitrogens with zero attached hydrogens (tertiary/aromatic N) is 2. The summed E-state index contributed by atoms with van der Waals surface area (Å²) in [4.78, 5) is 14.9. The Kier molecular flexibility index (Phi) is 6.66. The van der Waals surface area contributed by atoms with E-state index in [2.05, 4.69) is 9.64 Å². The van der Waals surface area contributed by atoms with Gasteiger partial charge in [0.2, 0.25) is 0 Å². The molecule has 0 aliphatic carbocycles. The molecular weight excluding hydrogens is 337 g/mol. The van der Waals surface area contributed by atoms with E-state index in [0.29, 0.717) is 31.7 Å². The highest BCUT2D eigenvalue weighted by atomic mass is 19.4. The molecule has 0 bridgehead atoms. The van der Waals surface area contributed by atoms with Crippen molar-refractivity contribution in [1.82, 2.24) is 9.80 Å². The van der Waals surface area contributed by atoms with E-state index in [1.165, 1.54) is 12.1 Å². The van der Waals surface area contributed by atoms with Crippen LogP contribution < -0.4 is 4.74 Å². The van der Waals surface area contributed by atoms with Gasteiger partial charge in [-0.25, -0.2) is 0 Å². The van der Waals surface area contributed by atoms with Gasteiger partial charge in [-0.15, -0.1) is 13.2 Å². The van der Waals surface area contributed by atoms with E-state index in [0.717, 1.165) is 12.8 Å². The molecule has 1 N–H and O–H groups in total. The fraction of sp³-hybridized carbons (Fsp3) is 0.588. The van der Waals surface area contributed by atoms with E-state index in [-0.39, 0.29) is 18.3 Å². The van der Waals surface area contributed by atoms with Crippen molar-refractivity contribution >= 4 is 5.97 Å². The molecule has 5 nitrogen and oxygen atoms in total. The van der Waals surface area contributed by atoms with Crippen LogP contribution in [0.5, 0.6) is 5.75 Å². The maximum Gasteiger partial charge on any atom is 0.573 e. The molecule has 0 atom stereocenters. The summed E-state index contributed by atoms with van der Waals surface area (Å²) in [6.07, 6.45) is -3.12. The number of likely N-dealkylation sites (tertiary alicyclic amines) is 1. The lowest BCUT2D eigenvalue weighted by Gasteiger charge is -2.37. The number of carboxylic acid groups (broad SMARTS) is 1. The molecule has 0 aromatic heterocycles.